The molecule has 0 amide bonds. The van der Waals surface area contributed by atoms with Crippen LogP contribution in [-0.4, -0.2) is 17.7 Å². The highest BCUT2D eigenvalue weighted by Crippen LogP contribution is 2.37. The average Bonchev–Trinajstić information content (AvgIpc) is 2.74. The van der Waals surface area contributed by atoms with E-state index in [1.807, 2.05) is 6.20 Å². The van der Waals surface area contributed by atoms with Crippen LogP contribution < -0.4 is 5.32 Å². The third-order valence-corrected chi connectivity index (χ3v) is 3.02. The Bertz CT molecular complexity index is 329. The summed E-state index contributed by atoms with van der Waals surface area (Å²) in [5.74, 6) is 0.727. The molecule has 1 fully saturated rings. The molecule has 68 valence electrons. The van der Waals surface area contributed by atoms with Crippen LogP contribution >= 0.6 is 0 Å². The Morgan fingerprint density at radius 2 is 2.54 bits per heavy atom. The molecule has 0 saturated carbocycles. The molecule has 2 aliphatic rings. The summed E-state index contributed by atoms with van der Waals surface area (Å²) in [6, 6.07) is 0.587. The fraction of sp³-hybridized carbons (Fsp3) is 0.500. The summed E-state index contributed by atoms with van der Waals surface area (Å²) in [6.45, 7) is 1.14. The van der Waals surface area contributed by atoms with Crippen molar-refractivity contribution in [2.45, 2.75) is 18.9 Å². The second kappa shape index (κ2) is 2.70. The van der Waals surface area contributed by atoms with E-state index in [4.69, 9.17) is 4.52 Å². The molecule has 1 N–H and O–H groups in total. The first-order chi connectivity index (χ1) is 6.43. The Morgan fingerprint density at radius 1 is 1.54 bits per heavy atom. The van der Waals surface area contributed by atoms with Crippen molar-refractivity contribution in [3.05, 3.63) is 24.1 Å². The topological polar surface area (TPSA) is 38.1 Å². The summed E-state index contributed by atoms with van der Waals surface area (Å²) in [7, 11) is 0. The van der Waals surface area contributed by atoms with Crippen molar-refractivity contribution in [2.75, 3.05) is 6.54 Å². The minimum Gasteiger partial charge on any atom is -0.364 e. The number of nitrogens with one attached hydrogen (secondary N) is 1. The molecule has 2 unspecified atom stereocenters. The lowest BCUT2D eigenvalue weighted by atomic mass is 9.92. The fourth-order valence-electron chi connectivity index (χ4n) is 2.39. The maximum absolute atomic E-state index is 4.86. The summed E-state index contributed by atoms with van der Waals surface area (Å²) >= 11 is 0. The van der Waals surface area contributed by atoms with Gasteiger partial charge in [-0.25, -0.2) is 0 Å². The summed E-state index contributed by atoms with van der Waals surface area (Å²) < 4.78 is 4.86. The van der Waals surface area contributed by atoms with Gasteiger partial charge in [-0.3, -0.25) is 0 Å². The Morgan fingerprint density at radius 3 is 3.31 bits per heavy atom. The number of nitrogens with zero attached hydrogens (tertiary/aromatic N) is 1. The lowest BCUT2D eigenvalue weighted by molar-refractivity contribution is 0.415. The second-order valence-corrected chi connectivity index (χ2v) is 3.82. The van der Waals surface area contributed by atoms with Crippen molar-refractivity contribution in [3.63, 3.8) is 0 Å². The minimum absolute atomic E-state index is 0.587. The molecule has 1 aliphatic carbocycles. The van der Waals surface area contributed by atoms with E-state index in [1.54, 1.807) is 6.26 Å². The highest BCUT2D eigenvalue weighted by Gasteiger charge is 2.30. The zero-order valence-electron chi connectivity index (χ0n) is 7.36. The van der Waals surface area contributed by atoms with Crippen LogP contribution in [0.15, 0.2) is 23.1 Å². The van der Waals surface area contributed by atoms with E-state index in [2.05, 4.69) is 16.5 Å². The first-order valence-electron chi connectivity index (χ1n) is 4.78. The van der Waals surface area contributed by atoms with Crippen LogP contribution in [0.3, 0.4) is 0 Å². The SMILES string of the molecule is C1=C(c2cnoc2)C2CCNC1C2. The third kappa shape index (κ3) is 1.11. The Labute approximate surface area is 76.8 Å². The molecule has 1 aromatic rings. The van der Waals surface area contributed by atoms with Crippen molar-refractivity contribution < 1.29 is 4.52 Å². The molecule has 1 aromatic heterocycles. The van der Waals surface area contributed by atoms with Crippen LogP contribution in [0, 0.1) is 5.92 Å². The monoisotopic (exact) mass is 176 g/mol. The van der Waals surface area contributed by atoms with E-state index in [-0.39, 0.29) is 0 Å². The van der Waals surface area contributed by atoms with Gasteiger partial charge in [-0.05, 0) is 30.9 Å². The van der Waals surface area contributed by atoms with Crippen LogP contribution in [-0.2, 0) is 0 Å². The first kappa shape index (κ1) is 7.33. The van der Waals surface area contributed by atoms with Gasteiger partial charge in [0.05, 0.1) is 6.20 Å². The zero-order valence-corrected chi connectivity index (χ0v) is 7.36. The predicted molar refractivity (Wildman–Crippen MR) is 49.0 cm³/mol. The summed E-state index contributed by atoms with van der Waals surface area (Å²) in [4.78, 5) is 0. The van der Waals surface area contributed by atoms with Crippen molar-refractivity contribution in [3.8, 4) is 0 Å². The number of allylic oxidation sites excluding steroid dienone is 1. The molecule has 2 bridgehead atoms. The molecule has 1 saturated heterocycles. The summed E-state index contributed by atoms with van der Waals surface area (Å²) in [5.41, 5.74) is 2.59. The van der Waals surface area contributed by atoms with E-state index in [0.29, 0.717) is 6.04 Å². The molecular weight excluding hydrogens is 164 g/mol. The quantitative estimate of drug-likeness (QED) is 0.703. The fourth-order valence-corrected chi connectivity index (χ4v) is 2.39. The van der Waals surface area contributed by atoms with Gasteiger partial charge in [-0.1, -0.05) is 11.2 Å². The van der Waals surface area contributed by atoms with E-state index in [1.165, 1.54) is 18.4 Å². The molecule has 0 radical (unpaired) electrons. The number of rotatable bonds is 1. The average molecular weight is 176 g/mol. The van der Waals surface area contributed by atoms with Crippen molar-refractivity contribution in [1.82, 2.24) is 10.5 Å². The minimum atomic E-state index is 0.587. The summed E-state index contributed by atoms with van der Waals surface area (Å²) in [5, 5.41) is 7.22. The Hall–Kier alpha value is -1.09. The van der Waals surface area contributed by atoms with Crippen molar-refractivity contribution in [2.24, 2.45) is 5.92 Å². The van der Waals surface area contributed by atoms with Gasteiger partial charge in [0, 0.05) is 11.6 Å². The molecule has 2 heterocycles. The number of hydrogen-bond acceptors (Lipinski definition) is 3. The van der Waals surface area contributed by atoms with Crippen LogP contribution in [0.25, 0.3) is 5.57 Å². The summed E-state index contributed by atoms with van der Waals surface area (Å²) in [6.07, 6.45) is 8.37. The van der Waals surface area contributed by atoms with Crippen LogP contribution in [0.1, 0.15) is 18.4 Å². The molecule has 13 heavy (non-hydrogen) atoms. The Kier molecular flexibility index (Phi) is 1.52. The number of fused-ring (bicyclic) bond motifs is 2. The number of piperidine rings is 1. The molecular formula is C10H12N2O. The highest BCUT2D eigenvalue weighted by molar-refractivity contribution is 5.69. The molecule has 3 rings (SSSR count). The van der Waals surface area contributed by atoms with Crippen LogP contribution in [0.5, 0.6) is 0 Å². The van der Waals surface area contributed by atoms with E-state index in [0.717, 1.165) is 18.0 Å². The maximum Gasteiger partial charge on any atom is 0.131 e. The van der Waals surface area contributed by atoms with Gasteiger partial charge in [0.15, 0.2) is 0 Å². The normalized spacial score (nSPS) is 31.8. The van der Waals surface area contributed by atoms with Crippen molar-refractivity contribution in [1.29, 1.82) is 0 Å². The third-order valence-electron chi connectivity index (χ3n) is 3.02. The van der Waals surface area contributed by atoms with E-state index >= 15 is 0 Å². The largest absolute Gasteiger partial charge is 0.364 e. The van der Waals surface area contributed by atoms with Gasteiger partial charge in [0.2, 0.25) is 0 Å². The zero-order chi connectivity index (χ0) is 8.67. The number of hydrogen-bond donors (Lipinski definition) is 1. The first-order valence-corrected chi connectivity index (χ1v) is 4.78. The molecule has 0 spiro atoms. The molecule has 2 atom stereocenters. The molecule has 0 aromatic carbocycles. The van der Waals surface area contributed by atoms with Crippen LogP contribution in [0.4, 0.5) is 0 Å². The highest BCUT2D eigenvalue weighted by atomic mass is 16.5. The lowest BCUT2D eigenvalue weighted by Crippen LogP contribution is -2.32. The molecule has 1 aliphatic heterocycles. The van der Waals surface area contributed by atoms with Gasteiger partial charge in [-0.15, -0.1) is 0 Å². The van der Waals surface area contributed by atoms with Gasteiger partial charge in [-0.2, -0.15) is 0 Å². The van der Waals surface area contributed by atoms with Gasteiger partial charge in [0.25, 0.3) is 0 Å². The van der Waals surface area contributed by atoms with E-state index in [9.17, 15) is 0 Å². The van der Waals surface area contributed by atoms with Gasteiger partial charge >= 0.3 is 0 Å². The van der Waals surface area contributed by atoms with Gasteiger partial charge in [0.1, 0.15) is 6.26 Å². The number of aromatic nitrogens is 1. The Balaban J connectivity index is 1.96. The van der Waals surface area contributed by atoms with E-state index < -0.39 is 0 Å². The van der Waals surface area contributed by atoms with Crippen molar-refractivity contribution >= 4 is 5.57 Å². The van der Waals surface area contributed by atoms with Gasteiger partial charge < -0.3 is 9.84 Å². The predicted octanol–water partition coefficient (Wildman–Crippen LogP) is 1.44. The smallest absolute Gasteiger partial charge is 0.131 e. The molecule has 3 nitrogen and oxygen atoms in total. The standard InChI is InChI=1S/C10H12N2O/c1-2-11-9-3-7(1)10(4-9)8-5-12-13-6-8/h4-7,9,11H,1-3H2. The van der Waals surface area contributed by atoms with Crippen LogP contribution in [0.2, 0.25) is 0 Å². The second-order valence-electron chi connectivity index (χ2n) is 3.82. The molecule has 3 heteroatoms. The maximum atomic E-state index is 4.86. The lowest BCUT2D eigenvalue weighted by Gasteiger charge is -2.21.